The highest BCUT2D eigenvalue weighted by atomic mass is 19.4. The van der Waals surface area contributed by atoms with E-state index in [1.807, 2.05) is 0 Å². The van der Waals surface area contributed by atoms with E-state index in [2.05, 4.69) is 5.32 Å². The van der Waals surface area contributed by atoms with Gasteiger partial charge in [0.2, 0.25) is 0 Å². The van der Waals surface area contributed by atoms with Crippen LogP contribution in [0.5, 0.6) is 0 Å². The van der Waals surface area contributed by atoms with Crippen LogP contribution in [-0.2, 0) is 15.7 Å². The predicted octanol–water partition coefficient (Wildman–Crippen LogP) is 2.74. The fraction of sp³-hybridized carbons (Fsp3) is 0.455. The van der Waals surface area contributed by atoms with Gasteiger partial charge in [0.15, 0.2) is 6.29 Å². The van der Waals surface area contributed by atoms with Crippen LogP contribution in [0, 0.1) is 0 Å². The van der Waals surface area contributed by atoms with Crippen LogP contribution in [0.1, 0.15) is 5.56 Å². The summed E-state index contributed by atoms with van der Waals surface area (Å²) < 4.78 is 47.7. The highest BCUT2D eigenvalue weighted by molar-refractivity contribution is 5.52. The van der Waals surface area contributed by atoms with Crippen molar-refractivity contribution in [1.82, 2.24) is 0 Å². The number of anilines is 1. The van der Waals surface area contributed by atoms with Gasteiger partial charge >= 0.3 is 6.18 Å². The Labute approximate surface area is 97.5 Å². The molecule has 0 aliphatic rings. The van der Waals surface area contributed by atoms with E-state index in [9.17, 15) is 13.2 Å². The van der Waals surface area contributed by atoms with E-state index in [0.29, 0.717) is 0 Å². The minimum Gasteiger partial charge on any atom is -0.379 e. The Hall–Kier alpha value is -1.27. The van der Waals surface area contributed by atoms with Crippen molar-refractivity contribution in [3.05, 3.63) is 29.8 Å². The maximum absolute atomic E-state index is 12.6. The topological polar surface area (TPSA) is 30.5 Å². The lowest BCUT2D eigenvalue weighted by molar-refractivity contribution is -0.137. The second-order valence-corrected chi connectivity index (χ2v) is 3.33. The van der Waals surface area contributed by atoms with E-state index in [1.54, 1.807) is 0 Å². The molecule has 3 nitrogen and oxygen atoms in total. The number of ether oxygens (including phenoxy) is 2. The number of alkyl halides is 3. The molecule has 0 aromatic heterocycles. The van der Waals surface area contributed by atoms with Gasteiger partial charge in [-0.2, -0.15) is 13.2 Å². The molecule has 0 heterocycles. The Bertz CT molecular complexity index is 351. The second-order valence-electron chi connectivity index (χ2n) is 3.33. The summed E-state index contributed by atoms with van der Waals surface area (Å²) in [7, 11) is 2.84. The Kier molecular flexibility index (Phi) is 4.77. The van der Waals surface area contributed by atoms with E-state index in [4.69, 9.17) is 9.47 Å². The minimum atomic E-state index is -4.38. The van der Waals surface area contributed by atoms with Gasteiger partial charge in [-0.05, 0) is 12.1 Å². The zero-order valence-electron chi connectivity index (χ0n) is 9.54. The highest BCUT2D eigenvalue weighted by Crippen LogP contribution is 2.34. The average molecular weight is 249 g/mol. The first-order chi connectivity index (χ1) is 7.99. The van der Waals surface area contributed by atoms with Crippen LogP contribution in [0.3, 0.4) is 0 Å². The maximum Gasteiger partial charge on any atom is 0.418 e. The molecule has 0 fully saturated rings. The third kappa shape index (κ3) is 3.90. The fourth-order valence-corrected chi connectivity index (χ4v) is 1.34. The third-order valence-corrected chi connectivity index (χ3v) is 2.22. The molecule has 0 amide bonds. The molecule has 1 aromatic carbocycles. The molecule has 0 atom stereocenters. The molecule has 0 saturated heterocycles. The van der Waals surface area contributed by atoms with Crippen LogP contribution >= 0.6 is 0 Å². The van der Waals surface area contributed by atoms with Gasteiger partial charge < -0.3 is 14.8 Å². The van der Waals surface area contributed by atoms with Crippen molar-refractivity contribution in [2.45, 2.75) is 12.5 Å². The largest absolute Gasteiger partial charge is 0.418 e. The zero-order valence-corrected chi connectivity index (χ0v) is 9.54. The van der Waals surface area contributed by atoms with Gasteiger partial charge in [-0.1, -0.05) is 12.1 Å². The van der Waals surface area contributed by atoms with E-state index in [1.165, 1.54) is 32.4 Å². The molecule has 0 saturated carbocycles. The van der Waals surface area contributed by atoms with Crippen LogP contribution < -0.4 is 5.32 Å². The van der Waals surface area contributed by atoms with Gasteiger partial charge in [-0.3, -0.25) is 0 Å². The Balaban J connectivity index is 2.77. The number of benzene rings is 1. The Morgan fingerprint density at radius 3 is 2.29 bits per heavy atom. The maximum atomic E-state index is 12.6. The first kappa shape index (κ1) is 13.8. The van der Waals surface area contributed by atoms with Gasteiger partial charge in [0.25, 0.3) is 0 Å². The molecule has 6 heteroatoms. The summed E-state index contributed by atoms with van der Waals surface area (Å²) in [5, 5.41) is 2.65. The summed E-state index contributed by atoms with van der Waals surface area (Å²) in [6.45, 7) is 0.139. The van der Waals surface area contributed by atoms with E-state index in [-0.39, 0.29) is 12.2 Å². The highest BCUT2D eigenvalue weighted by Gasteiger charge is 2.33. The zero-order chi connectivity index (χ0) is 12.9. The summed E-state index contributed by atoms with van der Waals surface area (Å²) in [4.78, 5) is 0. The molecule has 0 unspecified atom stereocenters. The predicted molar refractivity (Wildman–Crippen MR) is 57.7 cm³/mol. The van der Waals surface area contributed by atoms with Crippen molar-refractivity contribution in [3.8, 4) is 0 Å². The standard InChI is InChI=1S/C11H14F3NO2/c1-16-10(17-2)7-15-9-6-4-3-5-8(9)11(12,13)14/h3-6,10,15H,7H2,1-2H3. The molecule has 0 spiro atoms. The minimum absolute atomic E-state index is 0.0131. The van der Waals surface area contributed by atoms with Gasteiger partial charge in [0.1, 0.15) is 0 Å². The van der Waals surface area contributed by atoms with Crippen molar-refractivity contribution in [2.24, 2.45) is 0 Å². The molecule has 1 rings (SSSR count). The Morgan fingerprint density at radius 2 is 1.76 bits per heavy atom. The molecule has 17 heavy (non-hydrogen) atoms. The lowest BCUT2D eigenvalue weighted by Gasteiger charge is -2.18. The average Bonchev–Trinajstić information content (AvgIpc) is 2.29. The van der Waals surface area contributed by atoms with Gasteiger partial charge in [0, 0.05) is 19.9 Å². The van der Waals surface area contributed by atoms with Gasteiger partial charge in [-0.15, -0.1) is 0 Å². The van der Waals surface area contributed by atoms with Crippen molar-refractivity contribution in [3.63, 3.8) is 0 Å². The quantitative estimate of drug-likeness (QED) is 0.814. The fourth-order valence-electron chi connectivity index (χ4n) is 1.34. The van der Waals surface area contributed by atoms with E-state index in [0.717, 1.165) is 6.07 Å². The van der Waals surface area contributed by atoms with Crippen LogP contribution in [0.4, 0.5) is 18.9 Å². The third-order valence-electron chi connectivity index (χ3n) is 2.22. The van der Waals surface area contributed by atoms with E-state index >= 15 is 0 Å². The normalized spacial score (nSPS) is 11.9. The molecule has 0 aliphatic carbocycles. The van der Waals surface area contributed by atoms with Crippen LogP contribution in [0.15, 0.2) is 24.3 Å². The number of hydrogen-bond acceptors (Lipinski definition) is 3. The monoisotopic (exact) mass is 249 g/mol. The first-order valence-corrected chi connectivity index (χ1v) is 4.94. The number of hydrogen-bond donors (Lipinski definition) is 1. The molecule has 0 radical (unpaired) electrons. The lowest BCUT2D eigenvalue weighted by Crippen LogP contribution is -2.24. The van der Waals surface area contributed by atoms with Crippen molar-refractivity contribution in [1.29, 1.82) is 0 Å². The van der Waals surface area contributed by atoms with Crippen molar-refractivity contribution >= 4 is 5.69 Å². The number of para-hydroxylation sites is 1. The molecule has 1 aromatic rings. The summed E-state index contributed by atoms with van der Waals surface area (Å²) in [5.41, 5.74) is -0.690. The number of nitrogens with one attached hydrogen (secondary N) is 1. The Morgan fingerprint density at radius 1 is 1.18 bits per heavy atom. The summed E-state index contributed by atoms with van der Waals surface area (Å²) >= 11 is 0. The summed E-state index contributed by atoms with van der Waals surface area (Å²) in [6, 6.07) is 5.27. The van der Waals surface area contributed by atoms with E-state index < -0.39 is 18.0 Å². The number of methoxy groups -OCH3 is 2. The van der Waals surface area contributed by atoms with Crippen LogP contribution in [0.2, 0.25) is 0 Å². The smallest absolute Gasteiger partial charge is 0.379 e. The van der Waals surface area contributed by atoms with Crippen LogP contribution in [0.25, 0.3) is 0 Å². The molecule has 0 aliphatic heterocycles. The van der Waals surface area contributed by atoms with Crippen LogP contribution in [-0.4, -0.2) is 27.1 Å². The van der Waals surface area contributed by atoms with Gasteiger partial charge in [0.05, 0.1) is 12.1 Å². The lowest BCUT2D eigenvalue weighted by atomic mass is 10.1. The molecule has 0 bridgehead atoms. The van der Waals surface area contributed by atoms with Gasteiger partial charge in [-0.25, -0.2) is 0 Å². The molecular weight excluding hydrogens is 235 g/mol. The molecule has 96 valence electrons. The van der Waals surface area contributed by atoms with Crippen molar-refractivity contribution < 1.29 is 22.6 Å². The molecular formula is C11H14F3NO2. The number of halogens is 3. The summed E-state index contributed by atoms with van der Waals surface area (Å²) in [5.74, 6) is 0. The number of rotatable bonds is 5. The van der Waals surface area contributed by atoms with Crippen molar-refractivity contribution in [2.75, 3.05) is 26.1 Å². The first-order valence-electron chi connectivity index (χ1n) is 4.94. The SMILES string of the molecule is COC(CNc1ccccc1C(F)(F)F)OC. The summed E-state index contributed by atoms with van der Waals surface area (Å²) in [6.07, 6.45) is -4.96. The molecule has 1 N–H and O–H groups in total. The second kappa shape index (κ2) is 5.88.